The second kappa shape index (κ2) is 7.23. The molecule has 2 aromatic carbocycles. The lowest BCUT2D eigenvalue weighted by Crippen LogP contribution is -2.16. The van der Waals surface area contributed by atoms with Gasteiger partial charge in [0.1, 0.15) is 16.4 Å². The van der Waals surface area contributed by atoms with Crippen LogP contribution in [0.15, 0.2) is 47.8 Å². The van der Waals surface area contributed by atoms with E-state index in [1.54, 1.807) is 30.3 Å². The highest BCUT2D eigenvalue weighted by Crippen LogP contribution is 2.36. The van der Waals surface area contributed by atoms with Crippen LogP contribution in [0.2, 0.25) is 5.02 Å². The zero-order chi connectivity index (χ0) is 18.8. The Labute approximate surface area is 155 Å². The molecule has 132 valence electrons. The first-order valence-corrected chi connectivity index (χ1v) is 8.51. The average Bonchev–Trinajstić information content (AvgIpc) is 3.12. The third kappa shape index (κ3) is 3.31. The molecule has 0 fully saturated rings. The number of carboxylic acids is 1. The molecule has 1 aromatic heterocycles. The summed E-state index contributed by atoms with van der Waals surface area (Å²) < 4.78 is 29.0. The predicted octanol–water partition coefficient (Wildman–Crippen LogP) is 5.30. The molecular formula is C18H10ClF2NO3S. The molecule has 4 nitrogen and oxygen atoms in total. The van der Waals surface area contributed by atoms with E-state index in [0.29, 0.717) is 5.56 Å². The van der Waals surface area contributed by atoms with Crippen molar-refractivity contribution in [3.63, 3.8) is 0 Å². The Morgan fingerprint density at radius 3 is 2.46 bits per heavy atom. The summed E-state index contributed by atoms with van der Waals surface area (Å²) in [6, 6.07) is 10.7. The summed E-state index contributed by atoms with van der Waals surface area (Å²) in [6.07, 6.45) is 0. The van der Waals surface area contributed by atoms with E-state index in [1.165, 1.54) is 11.4 Å². The molecule has 3 rings (SSSR count). The number of carbonyl (C=O) groups is 2. The molecule has 0 bridgehead atoms. The Kier molecular flexibility index (Phi) is 5.01. The van der Waals surface area contributed by atoms with Gasteiger partial charge in [-0.15, -0.1) is 11.3 Å². The number of nitrogens with one attached hydrogen (secondary N) is 1. The first-order chi connectivity index (χ1) is 12.4. The van der Waals surface area contributed by atoms with Crippen molar-refractivity contribution in [2.45, 2.75) is 0 Å². The molecule has 26 heavy (non-hydrogen) atoms. The maximum atomic E-state index is 14.6. The number of hydrogen-bond acceptors (Lipinski definition) is 3. The van der Waals surface area contributed by atoms with E-state index in [4.69, 9.17) is 16.7 Å². The molecule has 0 aliphatic heterocycles. The normalized spacial score (nSPS) is 10.6. The van der Waals surface area contributed by atoms with E-state index >= 15 is 0 Å². The van der Waals surface area contributed by atoms with Gasteiger partial charge < -0.3 is 10.4 Å². The lowest BCUT2D eigenvalue weighted by molar-refractivity contribution is 0.0698. The second-order valence-electron chi connectivity index (χ2n) is 5.20. The summed E-state index contributed by atoms with van der Waals surface area (Å²) in [6.45, 7) is 0. The number of carboxylic acid groups (broad SMARTS) is 1. The minimum absolute atomic E-state index is 0.141. The van der Waals surface area contributed by atoms with Crippen LogP contribution in [0.5, 0.6) is 0 Å². The van der Waals surface area contributed by atoms with Crippen LogP contribution in [0.1, 0.15) is 20.0 Å². The van der Waals surface area contributed by atoms with Crippen molar-refractivity contribution in [3.8, 4) is 11.1 Å². The molecule has 1 heterocycles. The Bertz CT molecular complexity index is 1010. The summed E-state index contributed by atoms with van der Waals surface area (Å²) >= 11 is 6.84. The van der Waals surface area contributed by atoms with Crippen molar-refractivity contribution in [2.75, 3.05) is 5.32 Å². The molecule has 8 heteroatoms. The first kappa shape index (κ1) is 18.0. The van der Waals surface area contributed by atoms with E-state index in [1.807, 2.05) is 0 Å². The van der Waals surface area contributed by atoms with Gasteiger partial charge in [-0.1, -0.05) is 41.9 Å². The molecular weight excluding hydrogens is 384 g/mol. The van der Waals surface area contributed by atoms with Gasteiger partial charge in [-0.25, -0.2) is 13.6 Å². The predicted molar refractivity (Wildman–Crippen MR) is 96.0 cm³/mol. The second-order valence-corrected chi connectivity index (χ2v) is 6.49. The van der Waals surface area contributed by atoms with Crippen LogP contribution in [0.25, 0.3) is 11.1 Å². The minimum Gasteiger partial charge on any atom is -0.477 e. The maximum Gasteiger partial charge on any atom is 0.346 e. The van der Waals surface area contributed by atoms with Crippen LogP contribution in [-0.2, 0) is 0 Å². The highest BCUT2D eigenvalue weighted by molar-refractivity contribution is 7.12. The van der Waals surface area contributed by atoms with Gasteiger partial charge in [-0.2, -0.15) is 0 Å². The van der Waals surface area contributed by atoms with Gasteiger partial charge in [0.25, 0.3) is 5.91 Å². The third-order valence-electron chi connectivity index (χ3n) is 3.59. The fraction of sp³-hybridized carbons (Fsp3) is 0. The Balaban J connectivity index is 1.99. The number of benzene rings is 2. The molecule has 0 unspecified atom stereocenters. The molecule has 0 saturated heterocycles. The van der Waals surface area contributed by atoms with Crippen molar-refractivity contribution >= 4 is 40.5 Å². The number of halogens is 3. The molecule has 2 N–H and O–H groups in total. The number of aromatic carboxylic acids is 1. The molecule has 1 amide bonds. The SMILES string of the molecule is O=C(Nc1c(F)cc(-c2ccccc2)c(Cl)c1F)c1ccsc1C(=O)O. The quantitative estimate of drug-likeness (QED) is 0.591. The van der Waals surface area contributed by atoms with Gasteiger partial charge >= 0.3 is 5.97 Å². The van der Waals surface area contributed by atoms with Gasteiger partial charge in [0, 0.05) is 5.56 Å². The standard InChI is InChI=1S/C18H10ClF2NO3S/c19-13-11(9-4-2-1-3-5-9)8-12(20)15(14(13)21)22-17(23)10-6-7-26-16(10)18(24)25/h1-8H,(H,22,23)(H,24,25). The molecule has 0 saturated carbocycles. The van der Waals surface area contributed by atoms with E-state index in [-0.39, 0.29) is 21.0 Å². The zero-order valence-corrected chi connectivity index (χ0v) is 14.5. The topological polar surface area (TPSA) is 66.4 Å². The number of anilines is 1. The summed E-state index contributed by atoms with van der Waals surface area (Å²) in [5, 5.41) is 12.2. The number of hydrogen-bond donors (Lipinski definition) is 2. The van der Waals surface area contributed by atoms with Crippen molar-refractivity contribution in [1.82, 2.24) is 0 Å². The van der Waals surface area contributed by atoms with Gasteiger partial charge in [0.2, 0.25) is 0 Å². The molecule has 0 aliphatic carbocycles. The Hall–Kier alpha value is -2.77. The van der Waals surface area contributed by atoms with E-state index in [9.17, 15) is 18.4 Å². The van der Waals surface area contributed by atoms with Crippen molar-refractivity contribution in [3.05, 3.63) is 74.9 Å². The molecule has 0 spiro atoms. The molecule has 0 radical (unpaired) electrons. The van der Waals surface area contributed by atoms with Gasteiger partial charge in [0.05, 0.1) is 10.6 Å². The smallest absolute Gasteiger partial charge is 0.346 e. The third-order valence-corrected chi connectivity index (χ3v) is 4.86. The van der Waals surface area contributed by atoms with E-state index in [2.05, 4.69) is 5.32 Å². The first-order valence-electron chi connectivity index (χ1n) is 7.25. The summed E-state index contributed by atoms with van der Waals surface area (Å²) in [4.78, 5) is 23.1. The Morgan fingerprint density at radius 1 is 1.12 bits per heavy atom. The number of amides is 1. The fourth-order valence-electron chi connectivity index (χ4n) is 2.37. The van der Waals surface area contributed by atoms with Crippen LogP contribution in [0, 0.1) is 11.6 Å². The summed E-state index contributed by atoms with van der Waals surface area (Å²) in [7, 11) is 0. The molecule has 0 atom stereocenters. The number of carbonyl (C=O) groups excluding carboxylic acids is 1. The van der Waals surface area contributed by atoms with Gasteiger partial charge in [-0.3, -0.25) is 4.79 Å². The van der Waals surface area contributed by atoms with Crippen molar-refractivity contribution in [1.29, 1.82) is 0 Å². The fourth-order valence-corrected chi connectivity index (χ4v) is 3.36. The van der Waals surface area contributed by atoms with Crippen LogP contribution in [0.4, 0.5) is 14.5 Å². The van der Waals surface area contributed by atoms with E-state index < -0.39 is 29.2 Å². The minimum atomic E-state index is -1.30. The van der Waals surface area contributed by atoms with Gasteiger partial charge in [-0.05, 0) is 23.1 Å². The molecule has 3 aromatic rings. The van der Waals surface area contributed by atoms with Crippen LogP contribution in [-0.4, -0.2) is 17.0 Å². The molecule has 0 aliphatic rings. The lowest BCUT2D eigenvalue weighted by Gasteiger charge is -2.12. The number of thiophene rings is 1. The summed E-state index contributed by atoms with van der Waals surface area (Å²) in [5.41, 5.74) is -0.270. The van der Waals surface area contributed by atoms with Crippen LogP contribution >= 0.6 is 22.9 Å². The maximum absolute atomic E-state index is 14.6. The van der Waals surface area contributed by atoms with E-state index in [0.717, 1.165) is 17.4 Å². The highest BCUT2D eigenvalue weighted by Gasteiger charge is 2.23. The summed E-state index contributed by atoms with van der Waals surface area (Å²) in [5.74, 6) is -4.40. The van der Waals surface area contributed by atoms with Crippen LogP contribution < -0.4 is 5.32 Å². The van der Waals surface area contributed by atoms with Crippen LogP contribution in [0.3, 0.4) is 0 Å². The van der Waals surface area contributed by atoms with Crippen molar-refractivity contribution in [2.24, 2.45) is 0 Å². The van der Waals surface area contributed by atoms with Gasteiger partial charge in [0.15, 0.2) is 5.82 Å². The highest BCUT2D eigenvalue weighted by atomic mass is 35.5. The van der Waals surface area contributed by atoms with Crippen molar-refractivity contribution < 1.29 is 23.5 Å². The largest absolute Gasteiger partial charge is 0.477 e. The Morgan fingerprint density at radius 2 is 1.81 bits per heavy atom. The lowest BCUT2D eigenvalue weighted by atomic mass is 10.0. The average molecular weight is 394 g/mol. The number of rotatable bonds is 4. The monoisotopic (exact) mass is 393 g/mol. The zero-order valence-electron chi connectivity index (χ0n) is 12.9.